The van der Waals surface area contributed by atoms with Crippen LogP contribution in [0, 0.1) is 6.92 Å². The van der Waals surface area contributed by atoms with Crippen molar-refractivity contribution in [1.82, 2.24) is 4.98 Å². The molecule has 0 aliphatic carbocycles. The number of carbonyl (C=O) groups excluding carboxylic acids is 2. The minimum atomic E-state index is -0.385. The van der Waals surface area contributed by atoms with Crippen molar-refractivity contribution in [2.75, 3.05) is 11.1 Å². The molecule has 0 aliphatic rings. The van der Waals surface area contributed by atoms with Crippen molar-refractivity contribution >= 4 is 52.2 Å². The average Bonchev–Trinajstić information content (AvgIpc) is 2.79. The summed E-state index contributed by atoms with van der Waals surface area (Å²) in [6, 6.07) is 6.90. The summed E-state index contributed by atoms with van der Waals surface area (Å²) in [6.07, 6.45) is 0.182. The zero-order chi connectivity index (χ0) is 16.1. The van der Waals surface area contributed by atoms with Crippen LogP contribution >= 0.6 is 34.7 Å². The van der Waals surface area contributed by atoms with E-state index >= 15 is 0 Å². The highest BCUT2D eigenvalue weighted by molar-refractivity contribution is 8.01. The van der Waals surface area contributed by atoms with E-state index in [1.165, 1.54) is 23.1 Å². The third kappa shape index (κ3) is 5.01. The number of aryl methyl sites for hydroxylation is 1. The molecule has 2 amide bonds. The van der Waals surface area contributed by atoms with Gasteiger partial charge in [0, 0.05) is 15.6 Å². The summed E-state index contributed by atoms with van der Waals surface area (Å²) in [5.74, 6) is -0.272. The van der Waals surface area contributed by atoms with Gasteiger partial charge >= 0.3 is 0 Å². The highest BCUT2D eigenvalue weighted by Crippen LogP contribution is 2.27. The number of anilines is 1. The smallest absolute Gasteiger partial charge is 0.234 e. The van der Waals surface area contributed by atoms with E-state index in [0.717, 1.165) is 14.9 Å². The van der Waals surface area contributed by atoms with Crippen LogP contribution < -0.4 is 11.1 Å². The second-order valence-electron chi connectivity index (χ2n) is 4.48. The first-order chi connectivity index (χ1) is 10.4. The fraction of sp³-hybridized carbons (Fsp3) is 0.214. The van der Waals surface area contributed by atoms with Gasteiger partial charge in [0.15, 0.2) is 4.34 Å². The summed E-state index contributed by atoms with van der Waals surface area (Å²) >= 11 is 8.51. The Hall–Kier alpha value is -1.57. The standard InChI is InChI=1S/C14H14ClN3O2S2/c1-8-11(6-12(16)19)22-14(17-8)21-7-13(20)18-10-4-2-9(15)3-5-10/h2-5H,6-7H2,1H3,(H2,16,19)(H,18,20). The molecule has 1 aromatic heterocycles. The number of halogens is 1. The minimum absolute atomic E-state index is 0.128. The van der Waals surface area contributed by atoms with Gasteiger partial charge in [-0.25, -0.2) is 4.98 Å². The van der Waals surface area contributed by atoms with Crippen LogP contribution in [0.25, 0.3) is 0 Å². The maximum Gasteiger partial charge on any atom is 0.234 e. The molecule has 0 bridgehead atoms. The predicted molar refractivity (Wildman–Crippen MR) is 90.6 cm³/mol. The highest BCUT2D eigenvalue weighted by atomic mass is 35.5. The number of hydrogen-bond donors (Lipinski definition) is 2. The number of aromatic nitrogens is 1. The molecule has 5 nitrogen and oxygen atoms in total. The Labute approximate surface area is 141 Å². The molecular weight excluding hydrogens is 342 g/mol. The predicted octanol–water partition coefficient (Wildman–Crippen LogP) is 2.86. The average molecular weight is 356 g/mol. The molecular formula is C14H14ClN3O2S2. The maximum absolute atomic E-state index is 11.9. The Balaban J connectivity index is 1.88. The highest BCUT2D eigenvalue weighted by Gasteiger charge is 2.12. The lowest BCUT2D eigenvalue weighted by Gasteiger charge is -2.03. The third-order valence-electron chi connectivity index (χ3n) is 2.66. The lowest BCUT2D eigenvalue weighted by atomic mass is 10.3. The van der Waals surface area contributed by atoms with Crippen LogP contribution in [0.4, 0.5) is 5.69 Å². The number of hydrogen-bond acceptors (Lipinski definition) is 5. The van der Waals surface area contributed by atoms with E-state index in [4.69, 9.17) is 17.3 Å². The molecule has 2 rings (SSSR count). The second kappa shape index (κ2) is 7.62. The number of thioether (sulfide) groups is 1. The molecule has 2 aromatic rings. The first-order valence-corrected chi connectivity index (χ1v) is 8.55. The van der Waals surface area contributed by atoms with Crippen LogP contribution in [-0.4, -0.2) is 22.6 Å². The van der Waals surface area contributed by atoms with Gasteiger partial charge < -0.3 is 11.1 Å². The lowest BCUT2D eigenvalue weighted by molar-refractivity contribution is -0.117. The van der Waals surface area contributed by atoms with E-state index in [1.807, 2.05) is 6.92 Å². The molecule has 1 aromatic carbocycles. The summed E-state index contributed by atoms with van der Waals surface area (Å²) in [7, 11) is 0. The first-order valence-electron chi connectivity index (χ1n) is 6.37. The minimum Gasteiger partial charge on any atom is -0.369 e. The number of nitrogens with two attached hydrogens (primary N) is 1. The van der Waals surface area contributed by atoms with Crippen LogP contribution in [-0.2, 0) is 16.0 Å². The number of thiazole rings is 1. The van der Waals surface area contributed by atoms with Crippen molar-refractivity contribution in [3.63, 3.8) is 0 Å². The lowest BCUT2D eigenvalue weighted by Crippen LogP contribution is -2.13. The molecule has 0 radical (unpaired) electrons. The molecule has 0 unspecified atom stereocenters. The van der Waals surface area contributed by atoms with E-state index in [2.05, 4.69) is 10.3 Å². The first kappa shape index (κ1) is 16.8. The number of carbonyl (C=O) groups is 2. The van der Waals surface area contributed by atoms with Crippen molar-refractivity contribution in [3.05, 3.63) is 39.9 Å². The van der Waals surface area contributed by atoms with Crippen molar-refractivity contribution in [2.24, 2.45) is 5.73 Å². The summed E-state index contributed by atoms with van der Waals surface area (Å²) in [5.41, 5.74) is 6.66. The fourth-order valence-electron chi connectivity index (χ4n) is 1.64. The topological polar surface area (TPSA) is 85.1 Å². The Morgan fingerprint density at radius 1 is 1.36 bits per heavy atom. The van der Waals surface area contributed by atoms with Gasteiger partial charge in [0.1, 0.15) is 0 Å². The zero-order valence-corrected chi connectivity index (χ0v) is 14.1. The molecule has 3 N–H and O–H groups in total. The Morgan fingerprint density at radius 3 is 2.68 bits per heavy atom. The maximum atomic E-state index is 11.9. The number of benzene rings is 1. The molecule has 8 heteroatoms. The fourth-order valence-corrected chi connectivity index (χ4v) is 3.81. The number of primary amides is 1. The van der Waals surface area contributed by atoms with Crippen LogP contribution in [0.3, 0.4) is 0 Å². The third-order valence-corrected chi connectivity index (χ3v) is 5.21. The number of rotatable bonds is 6. The van der Waals surface area contributed by atoms with Crippen molar-refractivity contribution in [1.29, 1.82) is 0 Å². The Morgan fingerprint density at radius 2 is 2.05 bits per heavy atom. The Kier molecular flexibility index (Phi) is 5.82. The van der Waals surface area contributed by atoms with Gasteiger partial charge in [-0.1, -0.05) is 23.4 Å². The van der Waals surface area contributed by atoms with Gasteiger partial charge in [-0.2, -0.15) is 0 Å². The summed E-state index contributed by atoms with van der Waals surface area (Å²) in [4.78, 5) is 28.0. The molecule has 0 saturated heterocycles. The molecule has 0 atom stereocenters. The van der Waals surface area contributed by atoms with E-state index in [-0.39, 0.29) is 24.0 Å². The molecule has 22 heavy (non-hydrogen) atoms. The number of nitrogens with zero attached hydrogens (tertiary/aromatic N) is 1. The normalized spacial score (nSPS) is 10.5. The summed E-state index contributed by atoms with van der Waals surface area (Å²) in [6.45, 7) is 1.83. The van der Waals surface area contributed by atoms with E-state index in [1.54, 1.807) is 24.3 Å². The van der Waals surface area contributed by atoms with E-state index in [9.17, 15) is 9.59 Å². The molecule has 0 spiro atoms. The van der Waals surface area contributed by atoms with Crippen molar-refractivity contribution in [2.45, 2.75) is 17.7 Å². The number of nitrogens with one attached hydrogen (secondary N) is 1. The largest absolute Gasteiger partial charge is 0.369 e. The zero-order valence-electron chi connectivity index (χ0n) is 11.8. The SMILES string of the molecule is Cc1nc(SCC(=O)Nc2ccc(Cl)cc2)sc1CC(N)=O. The molecule has 0 saturated carbocycles. The second-order valence-corrected chi connectivity index (χ2v) is 7.22. The van der Waals surface area contributed by atoms with Crippen LogP contribution in [0.5, 0.6) is 0 Å². The monoisotopic (exact) mass is 355 g/mol. The van der Waals surface area contributed by atoms with Gasteiger partial charge in [0.25, 0.3) is 0 Å². The van der Waals surface area contributed by atoms with E-state index in [0.29, 0.717) is 10.7 Å². The molecule has 1 heterocycles. The van der Waals surface area contributed by atoms with Gasteiger partial charge in [-0.15, -0.1) is 11.3 Å². The van der Waals surface area contributed by atoms with Gasteiger partial charge in [0.2, 0.25) is 11.8 Å². The van der Waals surface area contributed by atoms with Gasteiger partial charge in [0.05, 0.1) is 17.9 Å². The van der Waals surface area contributed by atoms with Crippen LogP contribution in [0.1, 0.15) is 10.6 Å². The van der Waals surface area contributed by atoms with Crippen molar-refractivity contribution in [3.8, 4) is 0 Å². The molecule has 116 valence electrons. The van der Waals surface area contributed by atoms with Gasteiger partial charge in [-0.05, 0) is 31.2 Å². The molecule has 0 aliphatic heterocycles. The Bertz CT molecular complexity index is 686. The van der Waals surface area contributed by atoms with Gasteiger partial charge in [-0.3, -0.25) is 9.59 Å². The van der Waals surface area contributed by atoms with Crippen LogP contribution in [0.15, 0.2) is 28.6 Å². The van der Waals surface area contributed by atoms with E-state index < -0.39 is 0 Å². The van der Waals surface area contributed by atoms with Crippen LogP contribution in [0.2, 0.25) is 5.02 Å². The number of amides is 2. The summed E-state index contributed by atoms with van der Waals surface area (Å²) < 4.78 is 0.750. The quantitative estimate of drug-likeness (QED) is 0.780. The molecule has 0 fully saturated rings. The summed E-state index contributed by atoms with van der Waals surface area (Å²) in [5, 5.41) is 3.40. The van der Waals surface area contributed by atoms with Crippen molar-refractivity contribution < 1.29 is 9.59 Å².